The highest BCUT2D eigenvalue weighted by molar-refractivity contribution is 5.96. The van der Waals surface area contributed by atoms with Crippen LogP contribution in [0.15, 0.2) is 53.7 Å². The Balaban J connectivity index is 1.61. The van der Waals surface area contributed by atoms with Crippen LogP contribution < -0.4 is 5.32 Å². The molecule has 2 aromatic rings. The summed E-state index contributed by atoms with van der Waals surface area (Å²) in [5.41, 5.74) is 0.376. The van der Waals surface area contributed by atoms with E-state index in [0.717, 1.165) is 0 Å². The van der Waals surface area contributed by atoms with Gasteiger partial charge in [0, 0.05) is 32.7 Å². The first kappa shape index (κ1) is 18.4. The van der Waals surface area contributed by atoms with Gasteiger partial charge in [-0.05, 0) is 24.3 Å². The first-order chi connectivity index (χ1) is 13.1. The second-order valence-electron chi connectivity index (χ2n) is 5.97. The Morgan fingerprint density at radius 1 is 1.04 bits per heavy atom. The molecule has 8 heteroatoms. The molecule has 3 amide bonds. The second-order valence-corrected chi connectivity index (χ2v) is 5.97. The summed E-state index contributed by atoms with van der Waals surface area (Å²) in [6, 6.07) is 8.03. The van der Waals surface area contributed by atoms with Crippen LogP contribution in [0.4, 0.5) is 0 Å². The molecule has 0 atom stereocenters. The number of rotatable bonds is 5. The molecule has 0 aromatic carbocycles. The first-order valence-corrected chi connectivity index (χ1v) is 8.58. The molecule has 1 aliphatic heterocycles. The van der Waals surface area contributed by atoms with Gasteiger partial charge in [-0.15, -0.1) is 6.58 Å². The van der Waals surface area contributed by atoms with Crippen LogP contribution in [0.2, 0.25) is 0 Å². The van der Waals surface area contributed by atoms with Gasteiger partial charge < -0.3 is 19.5 Å². The first-order valence-electron chi connectivity index (χ1n) is 8.58. The summed E-state index contributed by atoms with van der Waals surface area (Å²) < 4.78 is 5.13. The van der Waals surface area contributed by atoms with E-state index in [1.807, 2.05) is 0 Å². The van der Waals surface area contributed by atoms with Gasteiger partial charge in [-0.2, -0.15) is 0 Å². The maximum Gasteiger partial charge on any atom is 0.289 e. The molecular formula is C19H20N4O4. The molecule has 3 rings (SSSR count). The summed E-state index contributed by atoms with van der Waals surface area (Å²) in [6.45, 7) is 5.45. The third-order valence-corrected chi connectivity index (χ3v) is 4.19. The molecule has 1 saturated heterocycles. The van der Waals surface area contributed by atoms with Crippen molar-refractivity contribution in [3.05, 3.63) is 66.4 Å². The van der Waals surface area contributed by atoms with Crippen LogP contribution in [-0.2, 0) is 0 Å². The van der Waals surface area contributed by atoms with E-state index >= 15 is 0 Å². The highest BCUT2D eigenvalue weighted by atomic mass is 16.3. The van der Waals surface area contributed by atoms with Gasteiger partial charge in [0.05, 0.1) is 6.26 Å². The van der Waals surface area contributed by atoms with Crippen molar-refractivity contribution >= 4 is 17.7 Å². The van der Waals surface area contributed by atoms with E-state index in [9.17, 15) is 14.4 Å². The second kappa shape index (κ2) is 8.31. The average Bonchev–Trinajstić information content (AvgIpc) is 3.26. The number of nitrogens with zero attached hydrogens (tertiary/aromatic N) is 3. The Hall–Kier alpha value is -3.42. The predicted molar refractivity (Wildman–Crippen MR) is 97.3 cm³/mol. The molecule has 0 unspecified atom stereocenters. The Morgan fingerprint density at radius 3 is 2.33 bits per heavy atom. The Morgan fingerprint density at radius 2 is 1.70 bits per heavy atom. The maximum absolute atomic E-state index is 12.7. The minimum absolute atomic E-state index is 0.175. The van der Waals surface area contributed by atoms with Crippen molar-refractivity contribution < 1.29 is 18.8 Å². The highest BCUT2D eigenvalue weighted by Gasteiger charge is 2.27. The molecule has 0 aliphatic carbocycles. The van der Waals surface area contributed by atoms with E-state index in [0.29, 0.717) is 32.7 Å². The van der Waals surface area contributed by atoms with Crippen LogP contribution in [0.25, 0.3) is 0 Å². The Bertz CT molecular complexity index is 839. The summed E-state index contributed by atoms with van der Waals surface area (Å²) in [6.07, 6.45) is 3.02. The minimum Gasteiger partial charge on any atom is -0.459 e. The molecule has 140 valence electrons. The predicted octanol–water partition coefficient (Wildman–Crippen LogP) is 1.19. The van der Waals surface area contributed by atoms with Gasteiger partial charge in [-0.1, -0.05) is 12.1 Å². The zero-order valence-corrected chi connectivity index (χ0v) is 14.8. The lowest BCUT2D eigenvalue weighted by molar-refractivity contribution is 0.0515. The van der Waals surface area contributed by atoms with E-state index in [2.05, 4.69) is 16.9 Å². The molecule has 1 N–H and O–H groups in total. The van der Waals surface area contributed by atoms with Crippen molar-refractivity contribution in [2.45, 2.75) is 0 Å². The summed E-state index contributed by atoms with van der Waals surface area (Å²) in [7, 11) is 0. The fourth-order valence-electron chi connectivity index (χ4n) is 2.77. The fraction of sp³-hybridized carbons (Fsp3) is 0.263. The van der Waals surface area contributed by atoms with E-state index in [-0.39, 0.29) is 34.9 Å². The van der Waals surface area contributed by atoms with Crippen molar-refractivity contribution in [3.63, 3.8) is 0 Å². The lowest BCUT2D eigenvalue weighted by Gasteiger charge is -2.34. The third-order valence-electron chi connectivity index (χ3n) is 4.19. The van der Waals surface area contributed by atoms with Crippen molar-refractivity contribution in [1.82, 2.24) is 20.1 Å². The van der Waals surface area contributed by atoms with Crippen molar-refractivity contribution in [1.29, 1.82) is 0 Å². The number of amides is 3. The van der Waals surface area contributed by atoms with Gasteiger partial charge in [-0.3, -0.25) is 14.4 Å². The van der Waals surface area contributed by atoms with Gasteiger partial charge in [0.1, 0.15) is 11.4 Å². The third kappa shape index (κ3) is 4.22. The molecule has 8 nitrogen and oxygen atoms in total. The van der Waals surface area contributed by atoms with Crippen molar-refractivity contribution in [2.75, 3.05) is 32.7 Å². The molecule has 0 bridgehead atoms. The van der Waals surface area contributed by atoms with E-state index in [1.165, 1.54) is 6.26 Å². The number of nitrogens with one attached hydrogen (secondary N) is 1. The van der Waals surface area contributed by atoms with Crippen molar-refractivity contribution in [2.24, 2.45) is 0 Å². The van der Waals surface area contributed by atoms with Gasteiger partial charge in [0.2, 0.25) is 0 Å². The molecule has 1 aliphatic rings. The number of aromatic nitrogens is 1. The number of pyridine rings is 1. The number of carbonyl (C=O) groups excluding carboxylic acids is 3. The van der Waals surface area contributed by atoms with Crippen LogP contribution in [0.3, 0.4) is 0 Å². The Kier molecular flexibility index (Phi) is 5.65. The molecule has 27 heavy (non-hydrogen) atoms. The van der Waals surface area contributed by atoms with Crippen molar-refractivity contribution in [3.8, 4) is 0 Å². The molecule has 3 heterocycles. The van der Waals surface area contributed by atoms with Crippen LogP contribution in [0.5, 0.6) is 0 Å². The van der Waals surface area contributed by atoms with Gasteiger partial charge in [0.15, 0.2) is 5.76 Å². The molecular weight excluding hydrogens is 348 g/mol. The topological polar surface area (TPSA) is 95.8 Å². The quantitative estimate of drug-likeness (QED) is 0.800. The normalized spacial score (nSPS) is 13.9. The largest absolute Gasteiger partial charge is 0.459 e. The van der Waals surface area contributed by atoms with Crippen LogP contribution in [-0.4, -0.2) is 65.2 Å². The number of hydrogen-bond donors (Lipinski definition) is 1. The maximum atomic E-state index is 12.7. The van der Waals surface area contributed by atoms with Crippen LogP contribution in [0, 0.1) is 0 Å². The van der Waals surface area contributed by atoms with Crippen LogP contribution >= 0.6 is 0 Å². The molecule has 1 fully saturated rings. The van der Waals surface area contributed by atoms with E-state index < -0.39 is 0 Å². The smallest absolute Gasteiger partial charge is 0.289 e. The SMILES string of the molecule is C=CCNC(=O)c1cccc(C(=O)N2CCN(C(=O)c3ccco3)CC2)n1. The molecule has 0 spiro atoms. The minimum atomic E-state index is -0.363. The lowest BCUT2D eigenvalue weighted by atomic mass is 10.2. The number of carbonyl (C=O) groups is 3. The molecule has 2 aromatic heterocycles. The number of piperazine rings is 1. The number of hydrogen-bond acceptors (Lipinski definition) is 5. The van der Waals surface area contributed by atoms with Gasteiger partial charge in [-0.25, -0.2) is 4.98 Å². The molecule has 0 saturated carbocycles. The van der Waals surface area contributed by atoms with E-state index in [1.54, 1.807) is 46.2 Å². The Labute approximate surface area is 156 Å². The summed E-state index contributed by atoms with van der Waals surface area (Å²) in [4.78, 5) is 44.4. The summed E-state index contributed by atoms with van der Waals surface area (Å²) in [5, 5.41) is 2.63. The van der Waals surface area contributed by atoms with E-state index in [4.69, 9.17) is 4.42 Å². The van der Waals surface area contributed by atoms with Crippen LogP contribution in [0.1, 0.15) is 31.5 Å². The fourth-order valence-corrected chi connectivity index (χ4v) is 2.77. The monoisotopic (exact) mass is 368 g/mol. The standard InChI is InChI=1S/C19H20N4O4/c1-2-8-20-17(24)14-5-3-6-15(21-14)18(25)22-9-11-23(12-10-22)19(26)16-7-4-13-27-16/h2-7,13H,1,8-12H2,(H,20,24). The zero-order chi connectivity index (χ0) is 19.2. The van der Waals surface area contributed by atoms with Gasteiger partial charge in [0.25, 0.3) is 17.7 Å². The number of furan rings is 1. The average molecular weight is 368 g/mol. The molecule has 0 radical (unpaired) electrons. The summed E-state index contributed by atoms with van der Waals surface area (Å²) >= 11 is 0. The summed E-state index contributed by atoms with van der Waals surface area (Å²) in [5.74, 6) is -0.530. The van der Waals surface area contributed by atoms with Gasteiger partial charge >= 0.3 is 0 Å². The lowest BCUT2D eigenvalue weighted by Crippen LogP contribution is -2.50. The zero-order valence-electron chi connectivity index (χ0n) is 14.8. The highest BCUT2D eigenvalue weighted by Crippen LogP contribution is 2.12.